The quantitative estimate of drug-likeness (QED) is 0.876. The highest BCUT2D eigenvalue weighted by Gasteiger charge is 2.19. The molecule has 0 radical (unpaired) electrons. The zero-order chi connectivity index (χ0) is 13.9. The van der Waals surface area contributed by atoms with Crippen molar-refractivity contribution < 1.29 is 4.74 Å². The summed E-state index contributed by atoms with van der Waals surface area (Å²) >= 11 is 6.06. The summed E-state index contributed by atoms with van der Waals surface area (Å²) < 4.78 is 7.17. The Bertz CT molecular complexity index is 594. The Hall–Kier alpha value is -1.66. The molecular weight excluding hydrogens is 278 g/mol. The highest BCUT2D eigenvalue weighted by molar-refractivity contribution is 6.33. The van der Waals surface area contributed by atoms with Crippen molar-refractivity contribution in [1.29, 1.82) is 0 Å². The fourth-order valence-corrected chi connectivity index (χ4v) is 2.60. The molecule has 0 atom stereocenters. The summed E-state index contributed by atoms with van der Waals surface area (Å²) in [5, 5.41) is 12.4. The van der Waals surface area contributed by atoms with Crippen molar-refractivity contribution in [3.63, 3.8) is 0 Å². The number of nitrogens with zero attached hydrogens (tertiary/aromatic N) is 4. The Morgan fingerprint density at radius 1 is 1.35 bits per heavy atom. The first kappa shape index (κ1) is 13.3. The fourth-order valence-electron chi connectivity index (χ4n) is 2.43. The second-order valence-corrected chi connectivity index (χ2v) is 5.35. The topological polar surface area (TPSA) is 78.9 Å². The standard InChI is InChI=1S/C13H16ClN5O/c14-11-3-1-2-10(12(11)15)13-16-17-18-19(13)8-9-4-6-20-7-5-9/h1-3,9H,4-8,15H2. The van der Waals surface area contributed by atoms with Gasteiger partial charge in [-0.25, -0.2) is 4.68 Å². The minimum atomic E-state index is 0.511. The van der Waals surface area contributed by atoms with E-state index in [1.54, 1.807) is 10.7 Å². The van der Waals surface area contributed by atoms with Gasteiger partial charge in [0.05, 0.1) is 10.7 Å². The van der Waals surface area contributed by atoms with Gasteiger partial charge in [0.25, 0.3) is 0 Å². The van der Waals surface area contributed by atoms with Crippen LogP contribution in [0.25, 0.3) is 11.4 Å². The van der Waals surface area contributed by atoms with E-state index in [2.05, 4.69) is 15.5 Å². The van der Waals surface area contributed by atoms with Crippen LogP contribution >= 0.6 is 11.6 Å². The van der Waals surface area contributed by atoms with E-state index in [4.69, 9.17) is 22.1 Å². The molecule has 2 heterocycles. The number of hydrogen-bond acceptors (Lipinski definition) is 5. The summed E-state index contributed by atoms with van der Waals surface area (Å²) in [7, 11) is 0. The van der Waals surface area contributed by atoms with Gasteiger partial charge < -0.3 is 10.5 Å². The van der Waals surface area contributed by atoms with Crippen molar-refractivity contribution in [1.82, 2.24) is 20.2 Å². The average molecular weight is 294 g/mol. The Balaban J connectivity index is 1.87. The molecule has 2 aromatic rings. The first-order valence-corrected chi connectivity index (χ1v) is 7.02. The molecule has 1 fully saturated rings. The lowest BCUT2D eigenvalue weighted by Crippen LogP contribution is -2.21. The summed E-state index contributed by atoms with van der Waals surface area (Å²) in [6.45, 7) is 2.39. The summed E-state index contributed by atoms with van der Waals surface area (Å²) in [4.78, 5) is 0. The van der Waals surface area contributed by atoms with Crippen molar-refractivity contribution in [3.8, 4) is 11.4 Å². The molecular formula is C13H16ClN5O. The number of nitrogen functional groups attached to an aromatic ring is 1. The predicted octanol–water partition coefficient (Wildman–Crippen LogP) is 2.00. The van der Waals surface area contributed by atoms with Gasteiger partial charge in [-0.1, -0.05) is 17.7 Å². The number of benzene rings is 1. The smallest absolute Gasteiger partial charge is 0.184 e. The SMILES string of the molecule is Nc1c(Cl)cccc1-c1nnnn1CC1CCOCC1. The highest BCUT2D eigenvalue weighted by Crippen LogP contribution is 2.30. The molecule has 20 heavy (non-hydrogen) atoms. The molecule has 0 saturated carbocycles. The molecule has 7 heteroatoms. The maximum absolute atomic E-state index is 6.06. The summed E-state index contributed by atoms with van der Waals surface area (Å²) in [6, 6.07) is 5.49. The van der Waals surface area contributed by atoms with Crippen molar-refractivity contribution in [2.24, 2.45) is 5.92 Å². The van der Waals surface area contributed by atoms with Gasteiger partial charge in [0.2, 0.25) is 0 Å². The molecule has 0 bridgehead atoms. The van der Waals surface area contributed by atoms with Crippen LogP contribution in [0, 0.1) is 5.92 Å². The molecule has 1 aliphatic rings. The molecule has 0 aliphatic carbocycles. The van der Waals surface area contributed by atoms with Crippen LogP contribution in [0.5, 0.6) is 0 Å². The van der Waals surface area contributed by atoms with Crippen LogP contribution in [0.3, 0.4) is 0 Å². The van der Waals surface area contributed by atoms with Crippen LogP contribution < -0.4 is 5.73 Å². The molecule has 6 nitrogen and oxygen atoms in total. The number of aromatic nitrogens is 4. The normalized spacial score (nSPS) is 16.4. The molecule has 2 N–H and O–H groups in total. The zero-order valence-electron chi connectivity index (χ0n) is 11.0. The Labute approximate surface area is 121 Å². The molecule has 1 saturated heterocycles. The lowest BCUT2D eigenvalue weighted by Gasteiger charge is -2.22. The van der Waals surface area contributed by atoms with Crippen molar-refractivity contribution in [3.05, 3.63) is 23.2 Å². The van der Waals surface area contributed by atoms with Crippen molar-refractivity contribution in [2.75, 3.05) is 18.9 Å². The second-order valence-electron chi connectivity index (χ2n) is 4.94. The minimum absolute atomic E-state index is 0.511. The number of hydrogen-bond donors (Lipinski definition) is 1. The maximum Gasteiger partial charge on any atom is 0.184 e. The van der Waals surface area contributed by atoms with Crippen LogP contribution in [0.15, 0.2) is 18.2 Å². The lowest BCUT2D eigenvalue weighted by atomic mass is 10.0. The molecule has 0 amide bonds. The third kappa shape index (κ3) is 2.62. The predicted molar refractivity (Wildman–Crippen MR) is 76.2 cm³/mol. The number of ether oxygens (including phenoxy) is 1. The number of para-hydroxylation sites is 1. The number of rotatable bonds is 3. The first-order chi connectivity index (χ1) is 9.75. The fraction of sp³-hybridized carbons (Fsp3) is 0.462. The van der Waals surface area contributed by atoms with E-state index in [9.17, 15) is 0 Å². The molecule has 1 aromatic heterocycles. The van der Waals surface area contributed by atoms with E-state index < -0.39 is 0 Å². The number of anilines is 1. The van der Waals surface area contributed by atoms with E-state index in [0.717, 1.165) is 38.2 Å². The van der Waals surface area contributed by atoms with E-state index in [1.165, 1.54) is 0 Å². The van der Waals surface area contributed by atoms with E-state index in [1.807, 2.05) is 12.1 Å². The molecule has 1 aliphatic heterocycles. The first-order valence-electron chi connectivity index (χ1n) is 6.64. The maximum atomic E-state index is 6.06. The van der Waals surface area contributed by atoms with Gasteiger partial charge in [0, 0.05) is 25.3 Å². The van der Waals surface area contributed by atoms with Crippen LogP contribution in [0.2, 0.25) is 5.02 Å². The van der Waals surface area contributed by atoms with Crippen molar-refractivity contribution in [2.45, 2.75) is 19.4 Å². The third-order valence-electron chi connectivity index (χ3n) is 3.60. The lowest BCUT2D eigenvalue weighted by molar-refractivity contribution is 0.0601. The molecule has 106 valence electrons. The summed E-state index contributed by atoms with van der Waals surface area (Å²) in [5.74, 6) is 1.20. The monoisotopic (exact) mass is 293 g/mol. The number of halogens is 1. The Morgan fingerprint density at radius 3 is 2.95 bits per heavy atom. The molecule has 1 aromatic carbocycles. The van der Waals surface area contributed by atoms with E-state index >= 15 is 0 Å². The third-order valence-corrected chi connectivity index (χ3v) is 3.93. The van der Waals surface area contributed by atoms with Gasteiger partial charge in [-0.3, -0.25) is 0 Å². The van der Waals surface area contributed by atoms with Gasteiger partial charge in [-0.05, 0) is 41.3 Å². The van der Waals surface area contributed by atoms with E-state index in [0.29, 0.717) is 22.5 Å². The number of nitrogens with two attached hydrogens (primary N) is 1. The van der Waals surface area contributed by atoms with Gasteiger partial charge in [-0.2, -0.15) is 0 Å². The van der Waals surface area contributed by atoms with Gasteiger partial charge in [0.1, 0.15) is 0 Å². The average Bonchev–Trinajstić information content (AvgIpc) is 2.91. The molecule has 0 unspecified atom stereocenters. The molecule has 3 rings (SSSR count). The van der Waals surface area contributed by atoms with Crippen molar-refractivity contribution >= 4 is 17.3 Å². The van der Waals surface area contributed by atoms with Gasteiger partial charge in [0.15, 0.2) is 5.82 Å². The Kier molecular flexibility index (Phi) is 3.84. The zero-order valence-corrected chi connectivity index (χ0v) is 11.8. The van der Waals surface area contributed by atoms with Crippen LogP contribution in [0.1, 0.15) is 12.8 Å². The van der Waals surface area contributed by atoms with Gasteiger partial charge in [-0.15, -0.1) is 5.10 Å². The van der Waals surface area contributed by atoms with E-state index in [-0.39, 0.29) is 0 Å². The number of tetrazole rings is 1. The second kappa shape index (κ2) is 5.76. The minimum Gasteiger partial charge on any atom is -0.397 e. The molecule has 0 spiro atoms. The summed E-state index contributed by atoms with van der Waals surface area (Å²) in [5.41, 5.74) is 7.30. The van der Waals surface area contributed by atoms with Crippen LogP contribution in [0.4, 0.5) is 5.69 Å². The largest absolute Gasteiger partial charge is 0.397 e. The van der Waals surface area contributed by atoms with Gasteiger partial charge >= 0.3 is 0 Å². The Morgan fingerprint density at radius 2 is 2.15 bits per heavy atom. The van der Waals surface area contributed by atoms with Crippen LogP contribution in [-0.2, 0) is 11.3 Å². The summed E-state index contributed by atoms with van der Waals surface area (Å²) in [6.07, 6.45) is 2.06. The highest BCUT2D eigenvalue weighted by atomic mass is 35.5. The van der Waals surface area contributed by atoms with Crippen LogP contribution in [-0.4, -0.2) is 33.4 Å².